The molecule has 1 saturated carbocycles. The van der Waals surface area contributed by atoms with Crippen LogP contribution in [0, 0.1) is 11.3 Å². The molecule has 1 aliphatic rings. The van der Waals surface area contributed by atoms with E-state index in [0.29, 0.717) is 12.0 Å². The van der Waals surface area contributed by atoms with Crippen LogP contribution in [0.15, 0.2) is 0 Å². The minimum atomic E-state index is -0.714. The topological polar surface area (TPSA) is 49.3 Å². The smallest absolute Gasteiger partial charge is 0.307 e. The lowest BCUT2D eigenvalue weighted by atomic mass is 10.0. The van der Waals surface area contributed by atoms with Gasteiger partial charge in [0.15, 0.2) is 0 Å². The molecule has 3 nitrogen and oxygen atoms in total. The van der Waals surface area contributed by atoms with Crippen LogP contribution in [0.1, 0.15) is 33.1 Å². The fourth-order valence-electron chi connectivity index (χ4n) is 1.47. The minimum absolute atomic E-state index is 0.271. The summed E-state index contributed by atoms with van der Waals surface area (Å²) in [5.41, 5.74) is 0.512. The highest BCUT2D eigenvalue weighted by molar-refractivity contribution is 5.69. The number of carboxylic acid groups (broad SMARTS) is 1. The monoisotopic (exact) mass is 185 g/mol. The Hall–Kier alpha value is -0.570. The fraction of sp³-hybridized carbons (Fsp3) is 0.900. The molecule has 1 rings (SSSR count). The maximum Gasteiger partial charge on any atom is 0.307 e. The van der Waals surface area contributed by atoms with Gasteiger partial charge in [0, 0.05) is 13.1 Å². The maximum atomic E-state index is 10.5. The van der Waals surface area contributed by atoms with Crippen LogP contribution in [0.3, 0.4) is 0 Å². The van der Waals surface area contributed by atoms with Crippen LogP contribution in [0.4, 0.5) is 0 Å². The van der Waals surface area contributed by atoms with Crippen LogP contribution in [0.25, 0.3) is 0 Å². The van der Waals surface area contributed by atoms with Crippen molar-refractivity contribution in [3.8, 4) is 0 Å². The second-order valence-electron chi connectivity index (χ2n) is 4.22. The molecule has 3 heteroatoms. The van der Waals surface area contributed by atoms with Crippen LogP contribution in [0.2, 0.25) is 0 Å². The van der Waals surface area contributed by atoms with E-state index in [4.69, 9.17) is 5.11 Å². The molecule has 1 fully saturated rings. The van der Waals surface area contributed by atoms with Crippen LogP contribution < -0.4 is 5.32 Å². The number of aliphatic carboxylic acids is 1. The summed E-state index contributed by atoms with van der Waals surface area (Å²) in [5, 5.41) is 11.9. The van der Waals surface area contributed by atoms with Gasteiger partial charge in [0.2, 0.25) is 0 Å². The van der Waals surface area contributed by atoms with Crippen molar-refractivity contribution in [3.05, 3.63) is 0 Å². The highest BCUT2D eigenvalue weighted by Gasteiger charge is 2.39. The molecule has 0 aromatic rings. The quantitative estimate of drug-likeness (QED) is 0.659. The molecule has 1 atom stereocenters. The molecule has 0 aromatic carbocycles. The lowest BCUT2D eigenvalue weighted by Gasteiger charge is -2.14. The summed E-state index contributed by atoms with van der Waals surface area (Å²) in [5.74, 6) is -0.985. The molecule has 1 aliphatic carbocycles. The van der Waals surface area contributed by atoms with Gasteiger partial charge in [-0.15, -0.1) is 0 Å². The molecule has 0 radical (unpaired) electrons. The summed E-state index contributed by atoms with van der Waals surface area (Å²) < 4.78 is 0. The molecule has 0 aromatic heterocycles. The van der Waals surface area contributed by atoms with E-state index in [1.54, 1.807) is 6.92 Å². The van der Waals surface area contributed by atoms with Crippen molar-refractivity contribution < 1.29 is 9.90 Å². The third-order valence-electron chi connectivity index (χ3n) is 3.08. The number of hydrogen-bond donors (Lipinski definition) is 2. The summed E-state index contributed by atoms with van der Waals surface area (Å²) >= 11 is 0. The molecular weight excluding hydrogens is 166 g/mol. The average Bonchev–Trinajstić information content (AvgIpc) is 2.85. The molecule has 0 heterocycles. The zero-order valence-electron chi connectivity index (χ0n) is 8.47. The molecule has 0 bridgehead atoms. The highest BCUT2D eigenvalue weighted by Crippen LogP contribution is 2.47. The van der Waals surface area contributed by atoms with Gasteiger partial charge in [0.1, 0.15) is 0 Å². The van der Waals surface area contributed by atoms with Crippen LogP contribution in [-0.4, -0.2) is 24.2 Å². The van der Waals surface area contributed by atoms with E-state index in [0.717, 1.165) is 6.54 Å². The number of carbonyl (C=O) groups is 1. The van der Waals surface area contributed by atoms with Gasteiger partial charge in [-0.3, -0.25) is 4.79 Å². The lowest BCUT2D eigenvalue weighted by Crippen LogP contribution is -2.30. The largest absolute Gasteiger partial charge is 0.481 e. The first-order chi connectivity index (χ1) is 6.09. The normalized spacial score (nSPS) is 21.1. The number of hydrogen-bond acceptors (Lipinski definition) is 2. The third-order valence-corrected chi connectivity index (χ3v) is 3.08. The summed E-state index contributed by atoms with van der Waals surface area (Å²) in [6, 6.07) is 0. The van der Waals surface area contributed by atoms with E-state index >= 15 is 0 Å². The predicted octanol–water partition coefficient (Wildman–Crippen LogP) is 1.49. The zero-order valence-corrected chi connectivity index (χ0v) is 8.47. The van der Waals surface area contributed by atoms with Crippen molar-refractivity contribution in [2.75, 3.05) is 13.1 Å². The molecule has 0 aliphatic heterocycles. The van der Waals surface area contributed by atoms with Crippen LogP contribution in [0.5, 0.6) is 0 Å². The van der Waals surface area contributed by atoms with Gasteiger partial charge in [0.25, 0.3) is 0 Å². The first-order valence-electron chi connectivity index (χ1n) is 5.03. The van der Waals surface area contributed by atoms with E-state index in [-0.39, 0.29) is 5.92 Å². The minimum Gasteiger partial charge on any atom is -0.481 e. The second kappa shape index (κ2) is 4.09. The van der Waals surface area contributed by atoms with E-state index in [1.165, 1.54) is 19.3 Å². The van der Waals surface area contributed by atoms with Crippen molar-refractivity contribution in [2.45, 2.75) is 33.1 Å². The predicted molar refractivity (Wildman–Crippen MR) is 51.6 cm³/mol. The lowest BCUT2D eigenvalue weighted by molar-refractivity contribution is -0.140. The first kappa shape index (κ1) is 10.5. The fourth-order valence-corrected chi connectivity index (χ4v) is 1.47. The molecule has 0 saturated heterocycles. The van der Waals surface area contributed by atoms with E-state index in [2.05, 4.69) is 12.2 Å². The SMILES string of the molecule is CCC1(CNCC(C)C(=O)O)CC1. The van der Waals surface area contributed by atoms with Crippen molar-refractivity contribution in [2.24, 2.45) is 11.3 Å². The third kappa shape index (κ3) is 2.99. The Morgan fingerprint density at radius 3 is 2.62 bits per heavy atom. The maximum absolute atomic E-state index is 10.5. The van der Waals surface area contributed by atoms with Gasteiger partial charge in [-0.1, -0.05) is 13.8 Å². The Morgan fingerprint density at radius 1 is 1.62 bits per heavy atom. The molecule has 76 valence electrons. The van der Waals surface area contributed by atoms with Gasteiger partial charge in [0.05, 0.1) is 5.92 Å². The Kier molecular flexibility index (Phi) is 3.31. The summed E-state index contributed by atoms with van der Waals surface area (Å²) in [4.78, 5) is 10.5. The van der Waals surface area contributed by atoms with Crippen molar-refractivity contribution >= 4 is 5.97 Å². The molecule has 2 N–H and O–H groups in total. The van der Waals surface area contributed by atoms with Gasteiger partial charge < -0.3 is 10.4 Å². The average molecular weight is 185 g/mol. The van der Waals surface area contributed by atoms with E-state index in [9.17, 15) is 4.79 Å². The summed E-state index contributed by atoms with van der Waals surface area (Å²) in [6.45, 7) is 5.52. The number of rotatable bonds is 6. The number of nitrogens with one attached hydrogen (secondary N) is 1. The number of carboxylic acids is 1. The second-order valence-corrected chi connectivity index (χ2v) is 4.22. The Morgan fingerprint density at radius 2 is 2.23 bits per heavy atom. The first-order valence-corrected chi connectivity index (χ1v) is 5.03. The van der Waals surface area contributed by atoms with Crippen molar-refractivity contribution in [1.29, 1.82) is 0 Å². The Balaban J connectivity index is 2.10. The molecular formula is C10H19NO2. The van der Waals surface area contributed by atoms with Crippen LogP contribution in [-0.2, 0) is 4.79 Å². The Labute approximate surface area is 79.5 Å². The standard InChI is InChI=1S/C10H19NO2/c1-3-10(4-5-10)7-11-6-8(2)9(12)13/h8,11H,3-7H2,1-2H3,(H,12,13). The van der Waals surface area contributed by atoms with E-state index in [1.807, 2.05) is 0 Å². The van der Waals surface area contributed by atoms with Gasteiger partial charge in [-0.25, -0.2) is 0 Å². The highest BCUT2D eigenvalue weighted by atomic mass is 16.4. The van der Waals surface area contributed by atoms with Gasteiger partial charge >= 0.3 is 5.97 Å². The molecule has 0 spiro atoms. The van der Waals surface area contributed by atoms with Crippen molar-refractivity contribution in [3.63, 3.8) is 0 Å². The molecule has 13 heavy (non-hydrogen) atoms. The van der Waals surface area contributed by atoms with Crippen LogP contribution >= 0.6 is 0 Å². The molecule has 0 amide bonds. The van der Waals surface area contributed by atoms with Gasteiger partial charge in [-0.2, -0.15) is 0 Å². The van der Waals surface area contributed by atoms with Crippen molar-refractivity contribution in [1.82, 2.24) is 5.32 Å². The summed E-state index contributed by atoms with van der Waals surface area (Å²) in [7, 11) is 0. The molecule has 1 unspecified atom stereocenters. The van der Waals surface area contributed by atoms with E-state index < -0.39 is 5.97 Å². The Bertz CT molecular complexity index is 187. The summed E-state index contributed by atoms with van der Waals surface area (Å²) in [6.07, 6.45) is 3.82. The van der Waals surface area contributed by atoms with Gasteiger partial charge in [-0.05, 0) is 24.7 Å². The zero-order chi connectivity index (χ0) is 9.90.